The molecule has 1 aromatic rings. The van der Waals surface area contributed by atoms with Crippen LogP contribution in [0.15, 0.2) is 24.3 Å². The van der Waals surface area contributed by atoms with Crippen molar-refractivity contribution in [3.05, 3.63) is 29.8 Å². The highest BCUT2D eigenvalue weighted by molar-refractivity contribution is 7.80. The lowest BCUT2D eigenvalue weighted by molar-refractivity contribution is 0.282. The van der Waals surface area contributed by atoms with Crippen LogP contribution in [0.1, 0.15) is 53.5 Å². The van der Waals surface area contributed by atoms with Crippen molar-refractivity contribution in [3.8, 4) is 5.75 Å². The van der Waals surface area contributed by atoms with Gasteiger partial charge in [0.05, 0.1) is 11.6 Å². The van der Waals surface area contributed by atoms with Crippen LogP contribution in [0.3, 0.4) is 0 Å². The molecule has 0 spiro atoms. The highest BCUT2D eigenvalue weighted by Crippen LogP contribution is 2.36. The van der Waals surface area contributed by atoms with Crippen molar-refractivity contribution in [2.45, 2.75) is 53.4 Å². The Morgan fingerprint density at radius 3 is 2.10 bits per heavy atom. The zero-order valence-electron chi connectivity index (χ0n) is 14.2. The summed E-state index contributed by atoms with van der Waals surface area (Å²) in [5, 5.41) is 0. The van der Waals surface area contributed by atoms with E-state index in [2.05, 4.69) is 46.8 Å². The highest BCUT2D eigenvalue weighted by atomic mass is 32.1. The maximum absolute atomic E-state index is 5.73. The molecule has 0 heterocycles. The van der Waals surface area contributed by atoms with E-state index in [-0.39, 0.29) is 11.3 Å². The third kappa shape index (κ3) is 6.04. The number of rotatable bonds is 6. The van der Waals surface area contributed by atoms with Crippen molar-refractivity contribution < 1.29 is 4.74 Å². The SMILES string of the molecule is CC(COc1ccc(C(C)(C)CC(C)(C)C)cc1)C(N)=S. The molecule has 0 radical (unpaired) electrons. The van der Waals surface area contributed by atoms with E-state index < -0.39 is 0 Å². The van der Waals surface area contributed by atoms with Crippen molar-refractivity contribution in [3.63, 3.8) is 0 Å². The molecule has 0 aliphatic rings. The summed E-state index contributed by atoms with van der Waals surface area (Å²) in [5.74, 6) is 0.963. The number of benzene rings is 1. The Kier molecular flexibility index (Phi) is 5.80. The maximum atomic E-state index is 5.73. The summed E-state index contributed by atoms with van der Waals surface area (Å²) >= 11 is 4.95. The number of hydrogen-bond donors (Lipinski definition) is 1. The summed E-state index contributed by atoms with van der Waals surface area (Å²) in [6.07, 6.45) is 1.14. The van der Waals surface area contributed by atoms with Crippen molar-refractivity contribution in [1.82, 2.24) is 0 Å². The van der Waals surface area contributed by atoms with Gasteiger partial charge < -0.3 is 10.5 Å². The minimum Gasteiger partial charge on any atom is -0.493 e. The van der Waals surface area contributed by atoms with E-state index >= 15 is 0 Å². The van der Waals surface area contributed by atoms with Gasteiger partial charge in [-0.2, -0.15) is 0 Å². The van der Waals surface area contributed by atoms with Gasteiger partial charge in [-0.3, -0.25) is 0 Å². The summed E-state index contributed by atoms with van der Waals surface area (Å²) < 4.78 is 5.73. The molecular formula is C18H29NOS. The summed E-state index contributed by atoms with van der Waals surface area (Å²) in [4.78, 5) is 0.498. The molecule has 0 aliphatic heterocycles. The Hall–Kier alpha value is -1.09. The van der Waals surface area contributed by atoms with E-state index in [4.69, 9.17) is 22.7 Å². The van der Waals surface area contributed by atoms with Gasteiger partial charge >= 0.3 is 0 Å². The first-order chi connectivity index (χ1) is 9.51. The molecule has 1 aromatic carbocycles. The van der Waals surface area contributed by atoms with Crippen LogP contribution >= 0.6 is 12.2 Å². The van der Waals surface area contributed by atoms with Crippen LogP contribution in [0, 0.1) is 11.3 Å². The van der Waals surface area contributed by atoms with Crippen molar-refractivity contribution in [1.29, 1.82) is 0 Å². The Balaban J connectivity index is 2.71. The summed E-state index contributed by atoms with van der Waals surface area (Å²) in [6, 6.07) is 8.39. The van der Waals surface area contributed by atoms with E-state index in [1.54, 1.807) is 0 Å². The van der Waals surface area contributed by atoms with Crippen LogP contribution in [-0.2, 0) is 5.41 Å². The predicted octanol–water partition coefficient (Wildman–Crippen LogP) is 4.70. The van der Waals surface area contributed by atoms with Crippen LogP contribution in [-0.4, -0.2) is 11.6 Å². The maximum Gasteiger partial charge on any atom is 0.119 e. The predicted molar refractivity (Wildman–Crippen MR) is 95.0 cm³/mol. The van der Waals surface area contributed by atoms with Gasteiger partial charge in [0.15, 0.2) is 0 Å². The molecular weight excluding hydrogens is 278 g/mol. The van der Waals surface area contributed by atoms with Gasteiger partial charge in [0.1, 0.15) is 5.75 Å². The smallest absolute Gasteiger partial charge is 0.119 e. The topological polar surface area (TPSA) is 35.2 Å². The molecule has 1 atom stereocenters. The van der Waals surface area contributed by atoms with Gasteiger partial charge in [-0.15, -0.1) is 0 Å². The number of ether oxygens (including phenoxy) is 1. The first-order valence-corrected chi connectivity index (χ1v) is 7.95. The normalized spacial score (nSPS) is 13.8. The molecule has 0 saturated heterocycles. The molecule has 2 N–H and O–H groups in total. The zero-order valence-corrected chi connectivity index (χ0v) is 15.0. The Morgan fingerprint density at radius 1 is 1.14 bits per heavy atom. The molecule has 0 bridgehead atoms. The van der Waals surface area contributed by atoms with Gasteiger partial charge in [0.2, 0.25) is 0 Å². The monoisotopic (exact) mass is 307 g/mol. The Labute approximate surface area is 135 Å². The molecule has 0 aromatic heterocycles. The molecule has 21 heavy (non-hydrogen) atoms. The summed E-state index contributed by atoms with van der Waals surface area (Å²) in [6.45, 7) is 13.9. The first kappa shape index (κ1) is 18.0. The van der Waals surface area contributed by atoms with Gasteiger partial charge in [0, 0.05) is 5.92 Å². The minimum absolute atomic E-state index is 0.0945. The molecule has 2 nitrogen and oxygen atoms in total. The fourth-order valence-corrected chi connectivity index (χ4v) is 2.80. The third-order valence-corrected chi connectivity index (χ3v) is 4.00. The second-order valence-corrected chi connectivity index (χ2v) is 8.23. The average Bonchev–Trinajstić information content (AvgIpc) is 2.33. The lowest BCUT2D eigenvalue weighted by Crippen LogP contribution is -2.25. The van der Waals surface area contributed by atoms with Crippen LogP contribution in [0.25, 0.3) is 0 Å². The van der Waals surface area contributed by atoms with Gasteiger partial charge in [-0.25, -0.2) is 0 Å². The van der Waals surface area contributed by atoms with E-state index in [1.807, 2.05) is 19.1 Å². The molecule has 0 amide bonds. The van der Waals surface area contributed by atoms with Crippen LogP contribution in [0.4, 0.5) is 0 Å². The zero-order chi connectivity index (χ0) is 16.3. The third-order valence-electron chi connectivity index (χ3n) is 3.59. The summed E-state index contributed by atoms with van der Waals surface area (Å²) in [5.41, 5.74) is 7.40. The molecule has 0 saturated carbocycles. The van der Waals surface area contributed by atoms with Crippen molar-refractivity contribution in [2.24, 2.45) is 17.1 Å². The summed E-state index contributed by atoms with van der Waals surface area (Å²) in [7, 11) is 0. The molecule has 1 rings (SSSR count). The quantitative estimate of drug-likeness (QED) is 0.774. The standard InChI is InChI=1S/C18H29NOS/c1-13(16(19)21)11-20-15-9-7-14(8-10-15)18(5,6)12-17(2,3)4/h7-10,13H,11-12H2,1-6H3,(H2,19,21). The molecule has 1 unspecified atom stereocenters. The number of nitrogens with two attached hydrogens (primary N) is 1. The number of hydrogen-bond acceptors (Lipinski definition) is 2. The van der Waals surface area contributed by atoms with E-state index in [1.165, 1.54) is 5.56 Å². The fourth-order valence-electron chi connectivity index (χ4n) is 2.73. The van der Waals surface area contributed by atoms with Crippen LogP contribution in [0.5, 0.6) is 5.75 Å². The van der Waals surface area contributed by atoms with E-state index in [0.717, 1.165) is 12.2 Å². The first-order valence-electron chi connectivity index (χ1n) is 7.54. The van der Waals surface area contributed by atoms with Crippen molar-refractivity contribution in [2.75, 3.05) is 6.61 Å². The average molecular weight is 308 g/mol. The molecule has 3 heteroatoms. The second kappa shape index (κ2) is 6.78. The van der Waals surface area contributed by atoms with E-state index in [0.29, 0.717) is 17.0 Å². The lowest BCUT2D eigenvalue weighted by Gasteiger charge is -2.33. The van der Waals surface area contributed by atoms with Crippen molar-refractivity contribution >= 4 is 17.2 Å². The van der Waals surface area contributed by atoms with Gasteiger partial charge in [-0.1, -0.05) is 65.9 Å². The lowest BCUT2D eigenvalue weighted by atomic mass is 9.72. The highest BCUT2D eigenvalue weighted by Gasteiger charge is 2.27. The molecule has 118 valence electrons. The van der Waals surface area contributed by atoms with Crippen LogP contribution < -0.4 is 10.5 Å². The largest absolute Gasteiger partial charge is 0.493 e. The number of thiocarbonyl (C=S) groups is 1. The minimum atomic E-state index is 0.0945. The van der Waals surface area contributed by atoms with Gasteiger partial charge in [0.25, 0.3) is 0 Å². The Bertz CT molecular complexity index is 471. The van der Waals surface area contributed by atoms with E-state index in [9.17, 15) is 0 Å². The molecule has 0 aliphatic carbocycles. The van der Waals surface area contributed by atoms with Crippen LogP contribution in [0.2, 0.25) is 0 Å². The Morgan fingerprint density at radius 2 is 1.67 bits per heavy atom. The molecule has 0 fully saturated rings. The second-order valence-electron chi connectivity index (χ2n) is 7.76. The fraction of sp³-hybridized carbons (Fsp3) is 0.611. The van der Waals surface area contributed by atoms with Gasteiger partial charge in [-0.05, 0) is 34.9 Å².